The lowest BCUT2D eigenvalue weighted by atomic mass is 9.68. The van der Waals surface area contributed by atoms with Gasteiger partial charge in [0.05, 0.1) is 5.56 Å². The molecule has 2 saturated carbocycles. The molecule has 0 aliphatic heterocycles. The van der Waals surface area contributed by atoms with E-state index in [9.17, 15) is 13.2 Å². The number of halogens is 3. The van der Waals surface area contributed by atoms with E-state index in [4.69, 9.17) is 0 Å². The maximum atomic E-state index is 13.1. The molecule has 5 heteroatoms. The van der Waals surface area contributed by atoms with Crippen molar-refractivity contribution in [1.29, 1.82) is 0 Å². The molecule has 2 fully saturated rings. The highest BCUT2D eigenvalue weighted by atomic mass is 19.4. The fraction of sp³-hybridized carbons (Fsp3) is 0.478. The van der Waals surface area contributed by atoms with Gasteiger partial charge in [0.1, 0.15) is 0 Å². The standard InChI is InChI=1S/C23H27F3N2/c24-23(25,26)20-10-5-4-9-18(20)14-27-15-22(11-6-12-22)16-28-21-13-19(21)17-7-2-1-3-8-17/h1-5,7-10,19,21,27-28H,6,11-16H2/t19-,21+/m1/s1. The highest BCUT2D eigenvalue weighted by molar-refractivity contribution is 5.30. The van der Waals surface area contributed by atoms with Crippen LogP contribution in [0.15, 0.2) is 54.6 Å². The lowest BCUT2D eigenvalue weighted by molar-refractivity contribution is -0.138. The summed E-state index contributed by atoms with van der Waals surface area (Å²) < 4.78 is 39.4. The zero-order valence-corrected chi connectivity index (χ0v) is 15.9. The zero-order valence-electron chi connectivity index (χ0n) is 15.9. The van der Waals surface area contributed by atoms with Gasteiger partial charge in [-0.2, -0.15) is 13.2 Å². The van der Waals surface area contributed by atoms with Crippen LogP contribution in [0.5, 0.6) is 0 Å². The van der Waals surface area contributed by atoms with Gasteiger partial charge in [0.25, 0.3) is 0 Å². The lowest BCUT2D eigenvalue weighted by Crippen LogP contribution is -2.47. The van der Waals surface area contributed by atoms with Gasteiger partial charge in [-0.25, -0.2) is 0 Å². The van der Waals surface area contributed by atoms with E-state index in [-0.39, 0.29) is 12.0 Å². The van der Waals surface area contributed by atoms with E-state index < -0.39 is 11.7 Å². The Kier molecular flexibility index (Phi) is 5.48. The van der Waals surface area contributed by atoms with E-state index in [1.165, 1.54) is 24.5 Å². The van der Waals surface area contributed by atoms with Crippen LogP contribution in [0, 0.1) is 5.41 Å². The Morgan fingerprint density at radius 3 is 2.32 bits per heavy atom. The minimum atomic E-state index is -4.30. The molecule has 0 bridgehead atoms. The molecule has 0 radical (unpaired) electrons. The molecule has 2 N–H and O–H groups in total. The summed E-state index contributed by atoms with van der Waals surface area (Å²) in [5.41, 5.74) is 1.36. The van der Waals surface area contributed by atoms with E-state index >= 15 is 0 Å². The fourth-order valence-electron chi connectivity index (χ4n) is 4.34. The number of benzene rings is 2. The van der Waals surface area contributed by atoms with Gasteiger partial charge < -0.3 is 10.6 Å². The van der Waals surface area contributed by atoms with Crippen LogP contribution in [0.25, 0.3) is 0 Å². The normalized spacial score (nSPS) is 23.2. The number of hydrogen-bond acceptors (Lipinski definition) is 2. The summed E-state index contributed by atoms with van der Waals surface area (Å²) in [5, 5.41) is 7.02. The zero-order chi connectivity index (χ0) is 19.6. The first-order valence-electron chi connectivity index (χ1n) is 10.1. The van der Waals surface area contributed by atoms with Crippen molar-refractivity contribution in [3.63, 3.8) is 0 Å². The summed E-state index contributed by atoms with van der Waals surface area (Å²) in [4.78, 5) is 0. The maximum Gasteiger partial charge on any atom is 0.416 e. The molecule has 150 valence electrons. The first-order chi connectivity index (χ1) is 13.5. The van der Waals surface area contributed by atoms with Crippen LogP contribution in [-0.2, 0) is 12.7 Å². The van der Waals surface area contributed by atoms with Crippen molar-refractivity contribution < 1.29 is 13.2 Å². The van der Waals surface area contributed by atoms with Crippen LogP contribution in [0.4, 0.5) is 13.2 Å². The van der Waals surface area contributed by atoms with Crippen molar-refractivity contribution in [3.05, 3.63) is 71.3 Å². The van der Waals surface area contributed by atoms with Crippen molar-refractivity contribution >= 4 is 0 Å². The van der Waals surface area contributed by atoms with Gasteiger partial charge in [-0.3, -0.25) is 0 Å². The van der Waals surface area contributed by atoms with E-state index in [1.807, 2.05) is 6.07 Å². The van der Waals surface area contributed by atoms with Crippen molar-refractivity contribution in [1.82, 2.24) is 10.6 Å². The van der Waals surface area contributed by atoms with Gasteiger partial charge in [-0.1, -0.05) is 55.0 Å². The molecule has 0 saturated heterocycles. The number of rotatable bonds is 8. The molecule has 0 unspecified atom stereocenters. The van der Waals surface area contributed by atoms with Gasteiger partial charge >= 0.3 is 6.18 Å². The highest BCUT2D eigenvalue weighted by Gasteiger charge is 2.42. The Bertz CT molecular complexity index is 784. The first kappa shape index (κ1) is 19.5. The minimum absolute atomic E-state index is 0.178. The quantitative estimate of drug-likeness (QED) is 0.657. The molecule has 2 nitrogen and oxygen atoms in total. The minimum Gasteiger partial charge on any atom is -0.313 e. The summed E-state index contributed by atoms with van der Waals surface area (Å²) >= 11 is 0. The molecule has 2 atom stereocenters. The van der Waals surface area contributed by atoms with Crippen LogP contribution < -0.4 is 10.6 Å². The summed E-state index contributed by atoms with van der Waals surface area (Å²) in [6.07, 6.45) is 0.349. The van der Waals surface area contributed by atoms with Crippen LogP contribution in [-0.4, -0.2) is 19.1 Å². The molecule has 0 amide bonds. The molecular formula is C23H27F3N2. The SMILES string of the molecule is FC(F)(F)c1ccccc1CNCC1(CN[C@H]2C[C@@H]2c2ccccc2)CCC1. The Labute approximate surface area is 164 Å². The Balaban J connectivity index is 1.27. The molecule has 4 rings (SSSR count). The average Bonchev–Trinajstić information content (AvgIpc) is 3.43. The predicted molar refractivity (Wildman–Crippen MR) is 105 cm³/mol. The molecule has 2 aliphatic carbocycles. The van der Waals surface area contributed by atoms with Crippen LogP contribution in [0.1, 0.15) is 48.3 Å². The molecule has 2 aliphatic rings. The third-order valence-electron chi connectivity index (χ3n) is 6.31. The molecule has 2 aromatic carbocycles. The summed E-state index contributed by atoms with van der Waals surface area (Å²) in [5.74, 6) is 0.602. The summed E-state index contributed by atoms with van der Waals surface area (Å²) in [6.45, 7) is 1.96. The summed E-state index contributed by atoms with van der Waals surface area (Å²) in [6, 6.07) is 17.0. The van der Waals surface area contributed by atoms with Crippen LogP contribution >= 0.6 is 0 Å². The molecule has 0 aromatic heterocycles. The number of nitrogens with one attached hydrogen (secondary N) is 2. The van der Waals surface area contributed by atoms with Gasteiger partial charge in [-0.15, -0.1) is 0 Å². The first-order valence-corrected chi connectivity index (χ1v) is 10.1. The highest BCUT2D eigenvalue weighted by Crippen LogP contribution is 2.44. The second-order valence-electron chi connectivity index (χ2n) is 8.35. The Morgan fingerprint density at radius 2 is 1.64 bits per heavy atom. The fourth-order valence-corrected chi connectivity index (χ4v) is 4.34. The largest absolute Gasteiger partial charge is 0.416 e. The molecule has 28 heavy (non-hydrogen) atoms. The van der Waals surface area contributed by atoms with Gasteiger partial charge in [0.2, 0.25) is 0 Å². The second-order valence-corrected chi connectivity index (χ2v) is 8.35. The van der Waals surface area contributed by atoms with Crippen LogP contribution in [0.2, 0.25) is 0 Å². The molecular weight excluding hydrogens is 361 g/mol. The molecule has 2 aromatic rings. The Morgan fingerprint density at radius 1 is 0.929 bits per heavy atom. The lowest BCUT2D eigenvalue weighted by Gasteiger charge is -2.42. The van der Waals surface area contributed by atoms with Crippen molar-refractivity contribution in [2.24, 2.45) is 5.41 Å². The monoisotopic (exact) mass is 388 g/mol. The van der Waals surface area contributed by atoms with Gasteiger partial charge in [0.15, 0.2) is 0 Å². The third-order valence-corrected chi connectivity index (χ3v) is 6.31. The van der Waals surface area contributed by atoms with Crippen LogP contribution in [0.3, 0.4) is 0 Å². The van der Waals surface area contributed by atoms with Gasteiger partial charge in [-0.05, 0) is 41.9 Å². The van der Waals surface area contributed by atoms with Gasteiger partial charge in [0, 0.05) is 31.6 Å². The molecule has 0 spiro atoms. The Hall–Kier alpha value is -1.85. The average molecular weight is 388 g/mol. The third kappa shape index (κ3) is 4.41. The number of alkyl halides is 3. The predicted octanol–water partition coefficient (Wildman–Crippen LogP) is 5.11. The van der Waals surface area contributed by atoms with Crippen molar-refractivity contribution in [2.45, 2.75) is 50.4 Å². The van der Waals surface area contributed by atoms with E-state index in [0.29, 0.717) is 17.5 Å². The van der Waals surface area contributed by atoms with Crippen molar-refractivity contribution in [3.8, 4) is 0 Å². The van der Waals surface area contributed by atoms with Crippen molar-refractivity contribution in [2.75, 3.05) is 13.1 Å². The topological polar surface area (TPSA) is 24.1 Å². The second kappa shape index (κ2) is 7.88. The smallest absolute Gasteiger partial charge is 0.313 e. The number of hydrogen-bond donors (Lipinski definition) is 2. The van der Waals surface area contributed by atoms with E-state index in [1.54, 1.807) is 12.1 Å². The van der Waals surface area contributed by atoms with E-state index in [2.05, 4.69) is 34.9 Å². The maximum absolute atomic E-state index is 13.1. The molecule has 0 heterocycles. The summed E-state index contributed by atoms with van der Waals surface area (Å²) in [7, 11) is 0. The van der Waals surface area contributed by atoms with E-state index in [0.717, 1.165) is 32.0 Å².